The Morgan fingerprint density at radius 1 is 1.29 bits per heavy atom. The molecule has 17 heavy (non-hydrogen) atoms. The van der Waals surface area contributed by atoms with Gasteiger partial charge in [-0.3, -0.25) is 4.90 Å². The second kappa shape index (κ2) is 7.71. The van der Waals surface area contributed by atoms with Crippen LogP contribution in [-0.2, 0) is 0 Å². The van der Waals surface area contributed by atoms with Gasteiger partial charge < -0.3 is 0 Å². The van der Waals surface area contributed by atoms with Gasteiger partial charge in [0.05, 0.1) is 0 Å². The minimum absolute atomic E-state index is 0.860. The molecule has 1 saturated heterocycles. The third-order valence-electron chi connectivity index (χ3n) is 3.83. The molecule has 98 valence electrons. The van der Waals surface area contributed by atoms with Gasteiger partial charge in [-0.2, -0.15) is 0 Å². The van der Waals surface area contributed by atoms with Crippen LogP contribution in [0.5, 0.6) is 0 Å². The van der Waals surface area contributed by atoms with Crippen LogP contribution in [0.1, 0.15) is 47.0 Å². The molecule has 0 spiro atoms. The molecule has 0 atom stereocenters. The topological polar surface area (TPSA) is 3.24 Å². The van der Waals surface area contributed by atoms with Gasteiger partial charge >= 0.3 is 0 Å². The van der Waals surface area contributed by atoms with E-state index in [4.69, 9.17) is 0 Å². The van der Waals surface area contributed by atoms with Crippen LogP contribution in [0.15, 0.2) is 23.8 Å². The third-order valence-corrected chi connectivity index (χ3v) is 3.83. The van der Waals surface area contributed by atoms with E-state index in [0.717, 1.165) is 24.8 Å². The Bertz CT molecular complexity index is 255. The van der Waals surface area contributed by atoms with Crippen molar-refractivity contribution in [3.8, 4) is 0 Å². The van der Waals surface area contributed by atoms with Gasteiger partial charge in [0.15, 0.2) is 0 Å². The van der Waals surface area contributed by atoms with Gasteiger partial charge in [-0.25, -0.2) is 0 Å². The van der Waals surface area contributed by atoms with Gasteiger partial charge in [0.1, 0.15) is 0 Å². The van der Waals surface area contributed by atoms with E-state index in [2.05, 4.69) is 50.8 Å². The Kier molecular flexibility index (Phi) is 6.57. The summed E-state index contributed by atoms with van der Waals surface area (Å²) in [6, 6.07) is 0. The maximum atomic E-state index is 2.61. The van der Waals surface area contributed by atoms with Crippen molar-refractivity contribution in [2.75, 3.05) is 19.6 Å². The summed E-state index contributed by atoms with van der Waals surface area (Å²) < 4.78 is 0. The minimum atomic E-state index is 0.860. The van der Waals surface area contributed by atoms with Gasteiger partial charge in [0.25, 0.3) is 0 Å². The fourth-order valence-corrected chi connectivity index (χ4v) is 2.70. The van der Waals surface area contributed by atoms with E-state index in [1.807, 2.05) is 0 Å². The van der Waals surface area contributed by atoms with E-state index >= 15 is 0 Å². The quantitative estimate of drug-likeness (QED) is 0.643. The van der Waals surface area contributed by atoms with Crippen molar-refractivity contribution in [3.05, 3.63) is 23.8 Å². The lowest BCUT2D eigenvalue weighted by Crippen LogP contribution is -2.36. The normalized spacial score (nSPS) is 20.6. The van der Waals surface area contributed by atoms with E-state index in [1.54, 1.807) is 0 Å². The molecule has 1 aliphatic rings. The van der Waals surface area contributed by atoms with Crippen LogP contribution in [0.2, 0.25) is 0 Å². The number of nitrogens with zero attached hydrogens (tertiary/aromatic N) is 1. The maximum absolute atomic E-state index is 2.61. The van der Waals surface area contributed by atoms with Gasteiger partial charge in [0.2, 0.25) is 0 Å². The van der Waals surface area contributed by atoms with Gasteiger partial charge in [-0.15, -0.1) is 0 Å². The molecule has 1 nitrogen and oxygen atoms in total. The summed E-state index contributed by atoms with van der Waals surface area (Å²) in [5.74, 6) is 1.81. The lowest BCUT2D eigenvalue weighted by molar-refractivity contribution is 0.169. The standard InChI is InChI=1S/C16H29N/c1-5-7-15(8-6-2)13-17-11-9-16(10-12-17)14(3)4/h5,7-8,14,16H,6,9-13H2,1-4H3/b7-5-,15-8+. The fourth-order valence-electron chi connectivity index (χ4n) is 2.70. The largest absolute Gasteiger partial charge is 0.299 e. The first kappa shape index (κ1) is 14.5. The molecule has 0 saturated carbocycles. The highest BCUT2D eigenvalue weighted by Crippen LogP contribution is 2.24. The Balaban J connectivity index is 2.41. The molecule has 1 heterocycles. The second-order valence-electron chi connectivity index (χ2n) is 5.54. The van der Waals surface area contributed by atoms with E-state index in [-0.39, 0.29) is 0 Å². The molecule has 1 fully saturated rings. The van der Waals surface area contributed by atoms with Crippen LogP contribution < -0.4 is 0 Å². The van der Waals surface area contributed by atoms with Gasteiger partial charge in [-0.1, -0.05) is 39.0 Å². The first-order valence-corrected chi connectivity index (χ1v) is 7.21. The van der Waals surface area contributed by atoms with E-state index in [0.29, 0.717) is 0 Å². The van der Waals surface area contributed by atoms with E-state index in [1.165, 1.54) is 31.5 Å². The van der Waals surface area contributed by atoms with Crippen LogP contribution in [0.3, 0.4) is 0 Å². The highest BCUT2D eigenvalue weighted by Gasteiger charge is 2.21. The smallest absolute Gasteiger partial charge is 0.0230 e. The Morgan fingerprint density at radius 3 is 2.41 bits per heavy atom. The Hall–Kier alpha value is -0.560. The third kappa shape index (κ3) is 5.08. The number of hydrogen-bond donors (Lipinski definition) is 0. The lowest BCUT2D eigenvalue weighted by Gasteiger charge is -2.34. The monoisotopic (exact) mass is 235 g/mol. The van der Waals surface area contributed by atoms with Gasteiger partial charge in [-0.05, 0) is 56.7 Å². The maximum Gasteiger partial charge on any atom is 0.0230 e. The van der Waals surface area contributed by atoms with Crippen LogP contribution in [-0.4, -0.2) is 24.5 Å². The van der Waals surface area contributed by atoms with Crippen molar-refractivity contribution in [2.24, 2.45) is 11.8 Å². The van der Waals surface area contributed by atoms with Crippen molar-refractivity contribution >= 4 is 0 Å². The predicted octanol–water partition coefficient (Wildman–Crippen LogP) is 4.27. The highest BCUT2D eigenvalue weighted by molar-refractivity contribution is 5.19. The zero-order valence-electron chi connectivity index (χ0n) is 12.1. The van der Waals surface area contributed by atoms with Crippen LogP contribution in [0, 0.1) is 11.8 Å². The molecule has 0 aromatic heterocycles. The Labute approximate surface area is 108 Å². The number of rotatable bonds is 5. The molecule has 0 bridgehead atoms. The number of likely N-dealkylation sites (tertiary alicyclic amines) is 1. The minimum Gasteiger partial charge on any atom is -0.299 e. The van der Waals surface area contributed by atoms with Crippen molar-refractivity contribution in [1.29, 1.82) is 0 Å². The number of allylic oxidation sites excluding steroid dienone is 2. The molecule has 0 aromatic rings. The summed E-state index contributed by atoms with van der Waals surface area (Å²) in [4.78, 5) is 2.61. The molecular formula is C16H29N. The molecule has 0 amide bonds. The van der Waals surface area contributed by atoms with Crippen molar-refractivity contribution in [2.45, 2.75) is 47.0 Å². The molecule has 0 aromatic carbocycles. The molecule has 0 N–H and O–H groups in total. The molecular weight excluding hydrogens is 206 g/mol. The molecule has 0 aliphatic carbocycles. The number of piperidine rings is 1. The van der Waals surface area contributed by atoms with Crippen LogP contribution >= 0.6 is 0 Å². The van der Waals surface area contributed by atoms with Crippen LogP contribution in [0.4, 0.5) is 0 Å². The predicted molar refractivity (Wildman–Crippen MR) is 77.2 cm³/mol. The summed E-state index contributed by atoms with van der Waals surface area (Å²) in [6.07, 6.45) is 10.7. The Morgan fingerprint density at radius 2 is 1.94 bits per heavy atom. The van der Waals surface area contributed by atoms with Crippen molar-refractivity contribution in [1.82, 2.24) is 4.90 Å². The second-order valence-corrected chi connectivity index (χ2v) is 5.54. The first-order chi connectivity index (χ1) is 8.17. The van der Waals surface area contributed by atoms with Crippen molar-refractivity contribution in [3.63, 3.8) is 0 Å². The van der Waals surface area contributed by atoms with Crippen LogP contribution in [0.25, 0.3) is 0 Å². The molecule has 1 rings (SSSR count). The summed E-state index contributed by atoms with van der Waals surface area (Å²) in [6.45, 7) is 12.8. The highest BCUT2D eigenvalue weighted by atomic mass is 15.1. The molecule has 1 heteroatoms. The molecule has 0 unspecified atom stereocenters. The average molecular weight is 235 g/mol. The lowest BCUT2D eigenvalue weighted by atomic mass is 9.86. The SMILES string of the molecule is C/C=C\C(=C/CC)CN1CCC(C(C)C)CC1. The van der Waals surface area contributed by atoms with E-state index in [9.17, 15) is 0 Å². The van der Waals surface area contributed by atoms with E-state index < -0.39 is 0 Å². The fraction of sp³-hybridized carbons (Fsp3) is 0.750. The molecule has 0 radical (unpaired) electrons. The zero-order chi connectivity index (χ0) is 12.7. The van der Waals surface area contributed by atoms with Gasteiger partial charge in [0, 0.05) is 6.54 Å². The average Bonchev–Trinajstić information content (AvgIpc) is 2.30. The first-order valence-electron chi connectivity index (χ1n) is 7.21. The summed E-state index contributed by atoms with van der Waals surface area (Å²) in [5.41, 5.74) is 1.48. The molecule has 1 aliphatic heterocycles. The number of hydrogen-bond acceptors (Lipinski definition) is 1. The summed E-state index contributed by atoms with van der Waals surface area (Å²) in [5, 5.41) is 0. The zero-order valence-corrected chi connectivity index (χ0v) is 12.1. The summed E-state index contributed by atoms with van der Waals surface area (Å²) in [7, 11) is 0. The summed E-state index contributed by atoms with van der Waals surface area (Å²) >= 11 is 0. The van der Waals surface area contributed by atoms with Crippen molar-refractivity contribution < 1.29 is 0 Å².